The Morgan fingerprint density at radius 2 is 2.23 bits per heavy atom. The summed E-state index contributed by atoms with van der Waals surface area (Å²) in [6, 6.07) is 4.05. The number of thiophene rings is 1. The number of nitrogens with one attached hydrogen (secondary N) is 1. The Bertz CT molecular complexity index is 290. The molecule has 0 aliphatic rings. The lowest BCUT2D eigenvalue weighted by atomic mass is 10.0. The second-order valence-electron chi connectivity index (χ2n) is 4.01. The molecule has 0 aliphatic carbocycles. The summed E-state index contributed by atoms with van der Waals surface area (Å²) in [5.74, 6) is 0. The second-order valence-corrected chi connectivity index (χ2v) is 4.79. The zero-order chi connectivity index (χ0) is 9.90. The van der Waals surface area contributed by atoms with Crippen LogP contribution in [0.2, 0.25) is 0 Å². The molecule has 0 aromatic carbocycles. The van der Waals surface area contributed by atoms with E-state index in [2.05, 4.69) is 32.2 Å². The minimum atomic E-state index is -0.189. The van der Waals surface area contributed by atoms with Gasteiger partial charge in [0.05, 0.1) is 6.07 Å². The van der Waals surface area contributed by atoms with Crippen LogP contribution in [0.3, 0.4) is 0 Å². The Hall–Kier alpha value is -0.850. The first kappa shape index (κ1) is 10.2. The third-order valence-corrected chi connectivity index (χ3v) is 2.28. The van der Waals surface area contributed by atoms with Gasteiger partial charge in [-0.15, -0.1) is 0 Å². The van der Waals surface area contributed by atoms with E-state index in [1.54, 1.807) is 11.3 Å². The summed E-state index contributed by atoms with van der Waals surface area (Å²) in [6.45, 7) is 6.18. The van der Waals surface area contributed by atoms with E-state index in [9.17, 15) is 0 Å². The fourth-order valence-electron chi connectivity index (χ4n) is 1.06. The number of nitriles is 1. The predicted molar refractivity (Wildman–Crippen MR) is 55.6 cm³/mol. The van der Waals surface area contributed by atoms with Crippen LogP contribution in [-0.4, -0.2) is 5.54 Å². The number of nitrogens with zero attached hydrogens (tertiary/aromatic N) is 1. The van der Waals surface area contributed by atoms with Gasteiger partial charge >= 0.3 is 0 Å². The molecule has 0 saturated carbocycles. The summed E-state index contributed by atoms with van der Waals surface area (Å²) in [4.78, 5) is 0. The van der Waals surface area contributed by atoms with Crippen LogP contribution >= 0.6 is 11.3 Å². The molecule has 1 aromatic rings. The lowest BCUT2D eigenvalue weighted by molar-refractivity contribution is 0.401. The summed E-state index contributed by atoms with van der Waals surface area (Å²) in [6.07, 6.45) is 0. The van der Waals surface area contributed by atoms with E-state index in [4.69, 9.17) is 5.26 Å². The van der Waals surface area contributed by atoms with Crippen molar-refractivity contribution in [1.29, 1.82) is 5.26 Å². The van der Waals surface area contributed by atoms with E-state index in [-0.39, 0.29) is 11.6 Å². The summed E-state index contributed by atoms with van der Waals surface area (Å²) in [5.41, 5.74) is 1.03. The topological polar surface area (TPSA) is 35.8 Å². The third kappa shape index (κ3) is 3.17. The highest BCUT2D eigenvalue weighted by Crippen LogP contribution is 2.18. The van der Waals surface area contributed by atoms with Crippen LogP contribution in [0.25, 0.3) is 0 Å². The highest BCUT2D eigenvalue weighted by atomic mass is 32.1. The maximum absolute atomic E-state index is 8.95. The van der Waals surface area contributed by atoms with Crippen molar-refractivity contribution in [3.63, 3.8) is 0 Å². The van der Waals surface area contributed by atoms with Crippen molar-refractivity contribution in [2.24, 2.45) is 0 Å². The van der Waals surface area contributed by atoms with E-state index < -0.39 is 0 Å². The molecule has 1 aromatic heterocycles. The molecule has 0 spiro atoms. The number of hydrogen-bond acceptors (Lipinski definition) is 3. The van der Waals surface area contributed by atoms with Crippen molar-refractivity contribution in [3.05, 3.63) is 22.4 Å². The van der Waals surface area contributed by atoms with Crippen molar-refractivity contribution in [1.82, 2.24) is 5.32 Å². The fraction of sp³-hybridized carbons (Fsp3) is 0.500. The van der Waals surface area contributed by atoms with E-state index in [0.29, 0.717) is 0 Å². The van der Waals surface area contributed by atoms with Crippen LogP contribution in [0.5, 0.6) is 0 Å². The molecule has 0 fully saturated rings. The van der Waals surface area contributed by atoms with Crippen LogP contribution in [0.15, 0.2) is 16.8 Å². The smallest absolute Gasteiger partial charge is 0.122 e. The van der Waals surface area contributed by atoms with Gasteiger partial charge < -0.3 is 0 Å². The van der Waals surface area contributed by atoms with Gasteiger partial charge in [0.15, 0.2) is 0 Å². The summed E-state index contributed by atoms with van der Waals surface area (Å²) >= 11 is 1.62. The van der Waals surface area contributed by atoms with Crippen LogP contribution in [-0.2, 0) is 0 Å². The van der Waals surface area contributed by atoms with Crippen LogP contribution in [0.1, 0.15) is 32.4 Å². The Balaban J connectivity index is 2.72. The summed E-state index contributed by atoms with van der Waals surface area (Å²) < 4.78 is 0. The van der Waals surface area contributed by atoms with E-state index in [0.717, 1.165) is 5.56 Å². The van der Waals surface area contributed by atoms with Gasteiger partial charge in [-0.25, -0.2) is 0 Å². The monoisotopic (exact) mass is 194 g/mol. The molecule has 0 radical (unpaired) electrons. The van der Waals surface area contributed by atoms with Gasteiger partial charge in [-0.3, -0.25) is 5.32 Å². The van der Waals surface area contributed by atoms with Gasteiger partial charge in [0.1, 0.15) is 6.04 Å². The van der Waals surface area contributed by atoms with Crippen molar-refractivity contribution in [2.45, 2.75) is 32.4 Å². The molecule has 0 aliphatic heterocycles. The van der Waals surface area contributed by atoms with Crippen LogP contribution in [0.4, 0.5) is 0 Å². The van der Waals surface area contributed by atoms with E-state index >= 15 is 0 Å². The van der Waals surface area contributed by atoms with Crippen molar-refractivity contribution in [3.8, 4) is 6.07 Å². The number of rotatable bonds is 2. The molecule has 1 atom stereocenters. The molecule has 0 bridgehead atoms. The average molecular weight is 194 g/mol. The second kappa shape index (κ2) is 3.91. The molecule has 70 valence electrons. The van der Waals surface area contributed by atoms with Crippen LogP contribution in [0, 0.1) is 11.3 Å². The highest BCUT2D eigenvalue weighted by Gasteiger charge is 2.18. The molecule has 2 nitrogen and oxygen atoms in total. The quantitative estimate of drug-likeness (QED) is 0.785. The average Bonchev–Trinajstić information content (AvgIpc) is 2.50. The molecule has 1 N–H and O–H groups in total. The molecule has 0 amide bonds. The predicted octanol–water partition coefficient (Wildman–Crippen LogP) is 2.70. The summed E-state index contributed by atoms with van der Waals surface area (Å²) in [5, 5.41) is 16.2. The fourth-order valence-corrected chi connectivity index (χ4v) is 1.75. The van der Waals surface area contributed by atoms with Gasteiger partial charge in [-0.1, -0.05) is 0 Å². The molecular weight excluding hydrogens is 180 g/mol. The zero-order valence-corrected chi connectivity index (χ0v) is 8.98. The minimum absolute atomic E-state index is 0.0255. The molecule has 13 heavy (non-hydrogen) atoms. The maximum Gasteiger partial charge on any atom is 0.122 e. The van der Waals surface area contributed by atoms with Crippen molar-refractivity contribution in [2.75, 3.05) is 0 Å². The van der Waals surface area contributed by atoms with E-state index in [1.165, 1.54) is 0 Å². The molecule has 0 saturated heterocycles. The SMILES string of the molecule is CC(C)(C)NC(C#N)c1ccsc1. The minimum Gasteiger partial charge on any atom is -0.293 e. The Labute approximate surface area is 83.2 Å². The Morgan fingerprint density at radius 3 is 2.62 bits per heavy atom. The molecular formula is C10H14N2S. The van der Waals surface area contributed by atoms with Crippen molar-refractivity contribution < 1.29 is 0 Å². The lowest BCUT2D eigenvalue weighted by Gasteiger charge is -2.23. The van der Waals surface area contributed by atoms with Crippen molar-refractivity contribution >= 4 is 11.3 Å². The molecule has 1 heterocycles. The standard InChI is InChI=1S/C10H14N2S/c1-10(2,3)12-9(6-11)8-4-5-13-7-8/h4-5,7,9,12H,1-3H3. The summed E-state index contributed by atoms with van der Waals surface area (Å²) in [7, 11) is 0. The first-order chi connectivity index (χ1) is 6.03. The Morgan fingerprint density at radius 1 is 1.54 bits per heavy atom. The third-order valence-electron chi connectivity index (χ3n) is 1.58. The first-order valence-electron chi connectivity index (χ1n) is 4.22. The van der Waals surface area contributed by atoms with E-state index in [1.807, 2.05) is 16.8 Å². The molecule has 1 unspecified atom stereocenters. The van der Waals surface area contributed by atoms with Gasteiger partial charge in [0.2, 0.25) is 0 Å². The van der Waals surface area contributed by atoms with Gasteiger partial charge in [-0.05, 0) is 43.2 Å². The molecule has 1 rings (SSSR count). The zero-order valence-electron chi connectivity index (χ0n) is 8.16. The van der Waals surface area contributed by atoms with Gasteiger partial charge in [0, 0.05) is 5.54 Å². The lowest BCUT2D eigenvalue weighted by Crippen LogP contribution is -2.38. The normalized spacial score (nSPS) is 13.7. The largest absolute Gasteiger partial charge is 0.293 e. The highest BCUT2D eigenvalue weighted by molar-refractivity contribution is 7.08. The Kier molecular flexibility index (Phi) is 3.07. The molecule has 3 heteroatoms. The van der Waals surface area contributed by atoms with Crippen LogP contribution < -0.4 is 5.32 Å². The van der Waals surface area contributed by atoms with Gasteiger partial charge in [-0.2, -0.15) is 16.6 Å². The number of hydrogen-bond donors (Lipinski definition) is 1. The first-order valence-corrected chi connectivity index (χ1v) is 5.16. The van der Waals surface area contributed by atoms with Gasteiger partial charge in [0.25, 0.3) is 0 Å². The maximum atomic E-state index is 8.95.